The van der Waals surface area contributed by atoms with E-state index in [0.717, 1.165) is 0 Å². The molecule has 3 nitrogen and oxygen atoms in total. The number of hydrogen-bond donors (Lipinski definition) is 0. The molecule has 0 bridgehead atoms. The highest BCUT2D eigenvalue weighted by atomic mass is 127. The molecule has 0 amide bonds. The molecule has 1 rings (SSSR count). The van der Waals surface area contributed by atoms with Gasteiger partial charge in [0.1, 0.15) is 0 Å². The van der Waals surface area contributed by atoms with Crippen LogP contribution in [0.5, 0.6) is 5.75 Å². The third-order valence-electron chi connectivity index (χ3n) is 1.52. The first-order valence-electron chi connectivity index (χ1n) is 5.01. The maximum absolute atomic E-state index is 11.3. The quantitative estimate of drug-likeness (QED) is 0.618. The first kappa shape index (κ1) is 7.76. The number of rotatable bonds is 2. The van der Waals surface area contributed by atoms with E-state index in [-0.39, 0.29) is 16.3 Å². The molecule has 14 heavy (non-hydrogen) atoms. The van der Waals surface area contributed by atoms with E-state index < -0.39 is 13.0 Å². The first-order valence-corrected chi connectivity index (χ1v) is 4.96. The fraction of sp³-hybridized carbons (Fsp3) is 0.222. The van der Waals surface area contributed by atoms with Crippen LogP contribution in [0.3, 0.4) is 0 Å². The van der Waals surface area contributed by atoms with E-state index >= 15 is 0 Å². The van der Waals surface area contributed by atoms with Crippen molar-refractivity contribution in [2.45, 2.75) is 0 Å². The largest absolute Gasteiger partial charge is 0.494 e. The van der Waals surface area contributed by atoms with Crippen molar-refractivity contribution in [1.29, 1.82) is 0 Å². The van der Waals surface area contributed by atoms with Gasteiger partial charge in [-0.25, -0.2) is 4.79 Å². The summed E-state index contributed by atoms with van der Waals surface area (Å²) < 4.78 is 30.7. The minimum atomic E-state index is -2.59. The molecule has 0 heterocycles. The number of carbonyl (C=O) groups is 1. The van der Waals surface area contributed by atoms with Gasteiger partial charge in [0.25, 0.3) is 0 Å². The summed E-state index contributed by atoms with van der Waals surface area (Å²) in [6, 6.07) is 2.75. The van der Waals surface area contributed by atoms with Gasteiger partial charge in [-0.15, -0.1) is 0 Å². The number of halogens is 2. The number of benzene rings is 1. The van der Waals surface area contributed by atoms with Crippen molar-refractivity contribution in [3.63, 3.8) is 0 Å². The molecule has 1 aromatic carbocycles. The molecule has 76 valence electrons. The summed E-state index contributed by atoms with van der Waals surface area (Å²) >= 11 is 7.69. The van der Waals surface area contributed by atoms with Crippen LogP contribution < -0.4 is 4.74 Å². The summed E-state index contributed by atoms with van der Waals surface area (Å²) in [5.74, 6) is -0.523. The lowest BCUT2D eigenvalue weighted by atomic mass is 10.2. The molecule has 0 aliphatic rings. The second-order valence-corrected chi connectivity index (χ2v) is 3.93. The normalized spacial score (nSPS) is 13.8. The van der Waals surface area contributed by atoms with E-state index in [1.807, 2.05) is 22.6 Å². The fourth-order valence-electron chi connectivity index (χ4n) is 0.893. The van der Waals surface area contributed by atoms with Crippen LogP contribution in [0, 0.1) is 3.57 Å². The Morgan fingerprint density at radius 3 is 2.86 bits per heavy atom. The van der Waals surface area contributed by atoms with Crippen molar-refractivity contribution in [2.24, 2.45) is 0 Å². The van der Waals surface area contributed by atoms with Crippen molar-refractivity contribution in [3.8, 4) is 5.75 Å². The Bertz CT molecular complexity index is 425. The van der Waals surface area contributed by atoms with Crippen LogP contribution in [0.15, 0.2) is 12.1 Å². The number of esters is 1. The van der Waals surface area contributed by atoms with Crippen LogP contribution in [0.25, 0.3) is 0 Å². The Kier molecular flexibility index (Phi) is 2.68. The second-order valence-electron chi connectivity index (χ2n) is 2.36. The van der Waals surface area contributed by atoms with Gasteiger partial charge in [-0.3, -0.25) is 0 Å². The van der Waals surface area contributed by atoms with Gasteiger partial charge in [-0.1, -0.05) is 11.6 Å². The Balaban J connectivity index is 3.15. The number of carbonyl (C=O) groups excluding carboxylic acids is 1. The summed E-state index contributed by atoms with van der Waals surface area (Å²) in [6.45, 7) is 0. The van der Waals surface area contributed by atoms with E-state index in [1.54, 1.807) is 0 Å². The summed E-state index contributed by atoms with van der Waals surface area (Å²) in [5, 5.41) is 0.0495. The van der Waals surface area contributed by atoms with Gasteiger partial charge in [0.2, 0.25) is 0 Å². The molecule has 0 radical (unpaired) electrons. The van der Waals surface area contributed by atoms with Crippen molar-refractivity contribution in [3.05, 3.63) is 26.3 Å². The molecule has 0 saturated heterocycles. The average Bonchev–Trinajstić information content (AvgIpc) is 2.20. The van der Waals surface area contributed by atoms with E-state index in [2.05, 4.69) is 4.74 Å². The van der Waals surface area contributed by atoms with Gasteiger partial charge in [0.05, 0.1) is 32.4 Å². The van der Waals surface area contributed by atoms with E-state index in [0.29, 0.717) is 3.57 Å². The summed E-state index contributed by atoms with van der Waals surface area (Å²) in [7, 11) is -1.34. The third-order valence-corrected chi connectivity index (χ3v) is 2.60. The predicted molar refractivity (Wildman–Crippen MR) is 62.1 cm³/mol. The fourth-order valence-corrected chi connectivity index (χ4v) is 2.05. The van der Waals surface area contributed by atoms with Crippen LogP contribution in [-0.2, 0) is 4.74 Å². The van der Waals surface area contributed by atoms with Gasteiger partial charge in [0.15, 0.2) is 5.75 Å². The Morgan fingerprint density at radius 2 is 2.36 bits per heavy atom. The minimum absolute atomic E-state index is 0.0277. The maximum Gasteiger partial charge on any atom is 0.337 e. The highest BCUT2D eigenvalue weighted by Gasteiger charge is 2.12. The second kappa shape index (κ2) is 4.84. The molecule has 0 aliphatic carbocycles. The minimum Gasteiger partial charge on any atom is -0.494 e. The molecule has 0 N–H and O–H groups in total. The monoisotopic (exact) mass is 329 g/mol. The molecule has 0 fully saturated rings. The molecular weight excluding hydrogens is 318 g/mol. The van der Waals surface area contributed by atoms with Gasteiger partial charge in [0, 0.05) is 0 Å². The molecule has 0 aliphatic heterocycles. The molecule has 5 heteroatoms. The maximum atomic E-state index is 11.3. The predicted octanol–water partition coefficient (Wildman–Crippen LogP) is 2.74. The Morgan fingerprint density at radius 1 is 1.64 bits per heavy atom. The lowest BCUT2D eigenvalue weighted by Gasteiger charge is -2.07. The van der Waals surface area contributed by atoms with Crippen LogP contribution in [-0.4, -0.2) is 20.1 Å². The molecule has 0 aromatic heterocycles. The van der Waals surface area contributed by atoms with Crippen LogP contribution in [0.2, 0.25) is 5.02 Å². The van der Waals surface area contributed by atoms with Crippen LogP contribution >= 0.6 is 34.2 Å². The number of ether oxygens (including phenoxy) is 2. The Labute approximate surface area is 105 Å². The van der Waals surface area contributed by atoms with E-state index in [1.165, 1.54) is 19.2 Å². The van der Waals surface area contributed by atoms with Crippen molar-refractivity contribution >= 4 is 40.2 Å². The first-order chi connectivity index (χ1) is 7.74. The summed E-state index contributed by atoms with van der Waals surface area (Å²) in [4.78, 5) is 11.3. The Hall–Kier alpha value is -0.490. The topological polar surface area (TPSA) is 35.5 Å². The molecule has 0 saturated carbocycles. The zero-order valence-electron chi connectivity index (χ0n) is 10.1. The highest BCUT2D eigenvalue weighted by Crippen LogP contribution is 2.31. The molecule has 0 unspecified atom stereocenters. The van der Waals surface area contributed by atoms with Gasteiger partial charge in [-0.05, 0) is 34.7 Å². The smallest absolute Gasteiger partial charge is 0.337 e. The van der Waals surface area contributed by atoms with Gasteiger partial charge < -0.3 is 9.47 Å². The van der Waals surface area contributed by atoms with Crippen molar-refractivity contribution in [1.82, 2.24) is 0 Å². The highest BCUT2D eigenvalue weighted by molar-refractivity contribution is 14.1. The van der Waals surface area contributed by atoms with Gasteiger partial charge >= 0.3 is 5.97 Å². The molecule has 1 aromatic rings. The molecule has 0 spiro atoms. The molecule has 0 atom stereocenters. The SMILES string of the molecule is [2H]C([2H])([2H])Oc1c(Cl)cc(C(=O)OC)cc1I. The van der Waals surface area contributed by atoms with Crippen molar-refractivity contribution in [2.75, 3.05) is 14.1 Å². The summed E-state index contributed by atoms with van der Waals surface area (Å²) in [6.07, 6.45) is 0. The van der Waals surface area contributed by atoms with Gasteiger partial charge in [-0.2, -0.15) is 0 Å². The zero-order valence-corrected chi connectivity index (χ0v) is 10.0. The van der Waals surface area contributed by atoms with E-state index in [9.17, 15) is 4.79 Å². The zero-order chi connectivity index (χ0) is 13.2. The average molecular weight is 330 g/mol. The van der Waals surface area contributed by atoms with Crippen LogP contribution in [0.4, 0.5) is 0 Å². The lowest BCUT2D eigenvalue weighted by molar-refractivity contribution is 0.0600. The summed E-state index contributed by atoms with van der Waals surface area (Å²) in [5.41, 5.74) is 0.236. The molecular formula is C9H8ClIO3. The standard InChI is InChI=1S/C9H8ClIO3/c1-13-8-6(10)3-5(4-7(8)11)9(12)14-2/h3-4H,1-2H3/i1D3. The van der Waals surface area contributed by atoms with Crippen LogP contribution in [0.1, 0.15) is 14.5 Å². The third kappa shape index (κ3) is 2.30. The lowest BCUT2D eigenvalue weighted by Crippen LogP contribution is -2.02. The van der Waals surface area contributed by atoms with Crippen molar-refractivity contribution < 1.29 is 18.4 Å². The van der Waals surface area contributed by atoms with E-state index in [4.69, 9.17) is 20.5 Å². The number of hydrogen-bond acceptors (Lipinski definition) is 3. The number of methoxy groups -OCH3 is 2.